The summed E-state index contributed by atoms with van der Waals surface area (Å²) in [5, 5.41) is 17.6. The van der Waals surface area contributed by atoms with Crippen LogP contribution in [0.4, 0.5) is 5.69 Å². The van der Waals surface area contributed by atoms with E-state index in [4.69, 9.17) is 15.9 Å². The molecule has 5 N–H and O–H groups in total. The van der Waals surface area contributed by atoms with Crippen molar-refractivity contribution in [2.24, 2.45) is 0 Å². The second-order valence-electron chi connectivity index (χ2n) is 3.37. The summed E-state index contributed by atoms with van der Waals surface area (Å²) in [6.45, 7) is -0.988. The molecule has 0 spiro atoms. The van der Waals surface area contributed by atoms with Crippen molar-refractivity contribution in [3.05, 3.63) is 22.7 Å². The number of nitrogens with one attached hydrogen (secondary N) is 1. The molecule has 0 aromatic heterocycles. The van der Waals surface area contributed by atoms with E-state index in [1.807, 2.05) is 0 Å². The first kappa shape index (κ1) is 14.4. The van der Waals surface area contributed by atoms with Gasteiger partial charge in [0.2, 0.25) is 10.0 Å². The summed E-state index contributed by atoms with van der Waals surface area (Å²) in [7, 11) is -3.85. The fourth-order valence-electron chi connectivity index (χ4n) is 1.18. The number of rotatable bonds is 5. The van der Waals surface area contributed by atoms with E-state index >= 15 is 0 Å². The van der Waals surface area contributed by atoms with Crippen LogP contribution in [0.5, 0.6) is 0 Å². The Morgan fingerprint density at radius 1 is 1.35 bits per heavy atom. The number of aliphatic hydroxyl groups excluding tert-OH is 2. The molecule has 1 aromatic rings. The van der Waals surface area contributed by atoms with Crippen LogP contribution in [0.3, 0.4) is 0 Å². The molecule has 0 aliphatic heterocycles. The van der Waals surface area contributed by atoms with Crippen molar-refractivity contribution in [1.82, 2.24) is 4.72 Å². The van der Waals surface area contributed by atoms with Gasteiger partial charge in [0.05, 0.1) is 24.9 Å². The molecule has 1 rings (SSSR count). The first-order chi connectivity index (χ1) is 7.90. The highest BCUT2D eigenvalue weighted by Crippen LogP contribution is 2.22. The second-order valence-corrected chi connectivity index (χ2v) is 5.96. The summed E-state index contributed by atoms with van der Waals surface area (Å²) in [5.41, 5.74) is 5.68. The number of benzene rings is 1. The van der Waals surface area contributed by atoms with Crippen LogP contribution in [0, 0.1) is 0 Å². The Hall–Kier alpha value is -0.670. The van der Waals surface area contributed by atoms with E-state index in [1.165, 1.54) is 18.2 Å². The summed E-state index contributed by atoms with van der Waals surface area (Å²) in [5.74, 6) is 0. The zero-order valence-electron chi connectivity index (χ0n) is 8.80. The van der Waals surface area contributed by atoms with Crippen molar-refractivity contribution in [1.29, 1.82) is 0 Å². The molecule has 0 fully saturated rings. The van der Waals surface area contributed by atoms with Crippen LogP contribution in [-0.4, -0.2) is 37.9 Å². The van der Waals surface area contributed by atoms with Crippen LogP contribution in [0.25, 0.3) is 0 Å². The van der Waals surface area contributed by atoms with Crippen LogP contribution < -0.4 is 10.5 Å². The maximum Gasteiger partial charge on any atom is 0.243 e. The Morgan fingerprint density at radius 3 is 2.41 bits per heavy atom. The van der Waals surface area contributed by atoms with Gasteiger partial charge in [-0.05, 0) is 18.2 Å². The second kappa shape index (κ2) is 5.78. The monoisotopic (exact) mass is 324 g/mol. The average molecular weight is 325 g/mol. The number of hydrogen-bond acceptors (Lipinski definition) is 5. The Morgan fingerprint density at radius 2 is 1.94 bits per heavy atom. The molecule has 0 amide bonds. The van der Waals surface area contributed by atoms with Crippen molar-refractivity contribution in [3.8, 4) is 0 Å². The fourth-order valence-corrected chi connectivity index (χ4v) is 2.89. The maximum atomic E-state index is 11.9. The minimum Gasteiger partial charge on any atom is -0.398 e. The van der Waals surface area contributed by atoms with Gasteiger partial charge in [-0.1, -0.05) is 15.9 Å². The SMILES string of the molecule is Nc1cc(Br)ccc1S(=O)(=O)NC(CO)CO. The predicted molar refractivity (Wildman–Crippen MR) is 66.8 cm³/mol. The van der Waals surface area contributed by atoms with Gasteiger partial charge in [-0.25, -0.2) is 13.1 Å². The van der Waals surface area contributed by atoms with Gasteiger partial charge >= 0.3 is 0 Å². The molecule has 17 heavy (non-hydrogen) atoms. The Balaban J connectivity index is 3.05. The molecule has 0 aliphatic carbocycles. The lowest BCUT2D eigenvalue weighted by Gasteiger charge is -2.14. The standard InChI is InChI=1S/C9H13BrN2O4S/c10-6-1-2-9(8(11)3-6)17(15,16)12-7(4-13)5-14/h1-3,7,12-14H,4-5,11H2. The van der Waals surface area contributed by atoms with E-state index in [-0.39, 0.29) is 10.6 Å². The number of sulfonamides is 1. The predicted octanol–water partition coefficient (Wildman–Crippen LogP) is -0.337. The van der Waals surface area contributed by atoms with E-state index in [0.717, 1.165) is 0 Å². The van der Waals surface area contributed by atoms with Crippen molar-refractivity contribution in [2.45, 2.75) is 10.9 Å². The van der Waals surface area contributed by atoms with Gasteiger partial charge in [0.1, 0.15) is 4.90 Å². The third-order valence-electron chi connectivity index (χ3n) is 2.02. The summed E-state index contributed by atoms with van der Waals surface area (Å²) in [6.07, 6.45) is 0. The summed E-state index contributed by atoms with van der Waals surface area (Å²) in [6, 6.07) is 3.40. The molecule has 1 aromatic carbocycles. The molecule has 0 aliphatic rings. The molecular weight excluding hydrogens is 312 g/mol. The van der Waals surface area contributed by atoms with Gasteiger partial charge in [-0.3, -0.25) is 0 Å². The number of hydrogen-bond donors (Lipinski definition) is 4. The Labute approximate surface area is 108 Å². The van der Waals surface area contributed by atoms with E-state index in [0.29, 0.717) is 4.47 Å². The minimum atomic E-state index is -3.85. The molecule has 0 radical (unpaired) electrons. The summed E-state index contributed by atoms with van der Waals surface area (Å²) < 4.78 is 26.5. The van der Waals surface area contributed by atoms with E-state index in [2.05, 4.69) is 20.7 Å². The normalized spacial score (nSPS) is 12.0. The minimum absolute atomic E-state index is 0.0847. The van der Waals surface area contributed by atoms with Gasteiger partial charge in [-0.15, -0.1) is 0 Å². The molecule has 96 valence electrons. The van der Waals surface area contributed by atoms with E-state index in [1.54, 1.807) is 0 Å². The van der Waals surface area contributed by atoms with Crippen LogP contribution in [0.15, 0.2) is 27.6 Å². The number of anilines is 1. The quantitative estimate of drug-likeness (QED) is 0.554. The van der Waals surface area contributed by atoms with Gasteiger partial charge in [0.25, 0.3) is 0 Å². The van der Waals surface area contributed by atoms with Crippen LogP contribution in [0.2, 0.25) is 0 Å². The first-order valence-corrected chi connectivity index (χ1v) is 6.97. The zero-order chi connectivity index (χ0) is 13.1. The molecule has 0 bridgehead atoms. The van der Waals surface area contributed by atoms with Crippen LogP contribution in [-0.2, 0) is 10.0 Å². The number of nitrogen functional groups attached to an aromatic ring is 1. The molecule has 8 heteroatoms. The van der Waals surface area contributed by atoms with Crippen LogP contribution in [0.1, 0.15) is 0 Å². The number of aliphatic hydroxyl groups is 2. The lowest BCUT2D eigenvalue weighted by molar-refractivity contribution is 0.185. The lowest BCUT2D eigenvalue weighted by Crippen LogP contribution is -2.40. The molecule has 0 unspecified atom stereocenters. The Kier molecular flexibility index (Phi) is 4.90. The van der Waals surface area contributed by atoms with Gasteiger partial charge in [0.15, 0.2) is 0 Å². The third-order valence-corrected chi connectivity index (χ3v) is 4.11. The maximum absolute atomic E-state index is 11.9. The smallest absolute Gasteiger partial charge is 0.243 e. The first-order valence-electron chi connectivity index (χ1n) is 4.69. The average Bonchev–Trinajstić information content (AvgIpc) is 2.25. The van der Waals surface area contributed by atoms with Crippen molar-refractivity contribution in [3.63, 3.8) is 0 Å². The van der Waals surface area contributed by atoms with E-state index in [9.17, 15) is 8.42 Å². The van der Waals surface area contributed by atoms with Gasteiger partial charge < -0.3 is 15.9 Å². The third kappa shape index (κ3) is 3.65. The zero-order valence-corrected chi connectivity index (χ0v) is 11.2. The van der Waals surface area contributed by atoms with Crippen LogP contribution >= 0.6 is 15.9 Å². The highest BCUT2D eigenvalue weighted by Gasteiger charge is 2.21. The Bertz CT molecular complexity index is 488. The van der Waals surface area contributed by atoms with Gasteiger partial charge in [0, 0.05) is 4.47 Å². The molecular formula is C9H13BrN2O4S. The number of halogens is 1. The van der Waals surface area contributed by atoms with Crippen molar-refractivity contribution in [2.75, 3.05) is 18.9 Å². The topological polar surface area (TPSA) is 113 Å². The molecule has 6 nitrogen and oxygen atoms in total. The lowest BCUT2D eigenvalue weighted by atomic mass is 10.3. The molecule has 0 atom stereocenters. The highest BCUT2D eigenvalue weighted by molar-refractivity contribution is 9.10. The fraction of sp³-hybridized carbons (Fsp3) is 0.333. The largest absolute Gasteiger partial charge is 0.398 e. The molecule has 0 saturated heterocycles. The number of nitrogens with two attached hydrogens (primary N) is 1. The van der Waals surface area contributed by atoms with Crippen molar-refractivity contribution < 1.29 is 18.6 Å². The van der Waals surface area contributed by atoms with E-state index < -0.39 is 29.3 Å². The molecule has 0 heterocycles. The summed E-state index contributed by atoms with van der Waals surface area (Å²) >= 11 is 3.17. The summed E-state index contributed by atoms with van der Waals surface area (Å²) in [4.78, 5) is -0.0902. The van der Waals surface area contributed by atoms with Gasteiger partial charge in [-0.2, -0.15) is 0 Å². The highest BCUT2D eigenvalue weighted by atomic mass is 79.9. The van der Waals surface area contributed by atoms with Crippen molar-refractivity contribution >= 4 is 31.6 Å². The molecule has 0 saturated carbocycles.